The standard InChI is InChI=1S/C15H19N3OS/c1-8-4-5-12-11(6-8)7-13(20-12)15(19)16-14-9(2)10(3)17-18-14/h7-8H,4-6H2,1-3H3,(H2,16,17,18,19). The molecule has 20 heavy (non-hydrogen) atoms. The van der Waals surface area contributed by atoms with Crippen LogP contribution in [0.3, 0.4) is 0 Å². The summed E-state index contributed by atoms with van der Waals surface area (Å²) in [4.78, 5) is 14.5. The maximum atomic E-state index is 12.3. The predicted octanol–water partition coefficient (Wildman–Crippen LogP) is 3.47. The van der Waals surface area contributed by atoms with E-state index >= 15 is 0 Å². The van der Waals surface area contributed by atoms with Crippen LogP contribution in [0.25, 0.3) is 0 Å². The van der Waals surface area contributed by atoms with Crippen molar-refractivity contribution in [1.82, 2.24) is 10.2 Å². The van der Waals surface area contributed by atoms with E-state index in [4.69, 9.17) is 0 Å². The molecule has 0 aliphatic heterocycles. The molecule has 0 aromatic carbocycles. The van der Waals surface area contributed by atoms with Crippen molar-refractivity contribution in [1.29, 1.82) is 0 Å². The average molecular weight is 289 g/mol. The van der Waals surface area contributed by atoms with E-state index in [1.807, 2.05) is 13.8 Å². The van der Waals surface area contributed by atoms with E-state index in [0.29, 0.717) is 5.82 Å². The van der Waals surface area contributed by atoms with Gasteiger partial charge in [0.05, 0.1) is 4.88 Å². The van der Waals surface area contributed by atoms with Crippen LogP contribution in [0.15, 0.2) is 6.07 Å². The molecule has 0 fully saturated rings. The summed E-state index contributed by atoms with van der Waals surface area (Å²) < 4.78 is 0. The largest absolute Gasteiger partial charge is 0.304 e. The zero-order valence-electron chi connectivity index (χ0n) is 12.0. The Bertz CT molecular complexity index is 656. The molecule has 1 atom stereocenters. The fourth-order valence-corrected chi connectivity index (χ4v) is 3.70. The maximum Gasteiger partial charge on any atom is 0.266 e. The van der Waals surface area contributed by atoms with Crippen molar-refractivity contribution in [3.8, 4) is 0 Å². The number of nitrogens with one attached hydrogen (secondary N) is 2. The number of H-pyrrole nitrogens is 1. The summed E-state index contributed by atoms with van der Waals surface area (Å²) in [5, 5.41) is 9.91. The number of fused-ring (bicyclic) bond motifs is 1. The molecule has 4 nitrogen and oxygen atoms in total. The number of hydrogen-bond acceptors (Lipinski definition) is 3. The van der Waals surface area contributed by atoms with Crippen LogP contribution in [0.4, 0.5) is 5.82 Å². The summed E-state index contributed by atoms with van der Waals surface area (Å²) in [5.74, 6) is 1.31. The van der Waals surface area contributed by atoms with Gasteiger partial charge in [0, 0.05) is 16.1 Å². The van der Waals surface area contributed by atoms with Gasteiger partial charge in [0.2, 0.25) is 0 Å². The van der Waals surface area contributed by atoms with E-state index in [9.17, 15) is 4.79 Å². The fraction of sp³-hybridized carbons (Fsp3) is 0.467. The Kier molecular flexibility index (Phi) is 3.38. The molecule has 1 aliphatic carbocycles. The van der Waals surface area contributed by atoms with Crippen molar-refractivity contribution in [3.63, 3.8) is 0 Å². The van der Waals surface area contributed by atoms with Crippen LogP contribution in [0.2, 0.25) is 0 Å². The number of thiophene rings is 1. The Morgan fingerprint density at radius 3 is 3.00 bits per heavy atom. The van der Waals surface area contributed by atoms with Gasteiger partial charge in [-0.2, -0.15) is 5.10 Å². The minimum atomic E-state index is -0.0494. The van der Waals surface area contributed by atoms with E-state index in [1.54, 1.807) is 11.3 Å². The van der Waals surface area contributed by atoms with Crippen LogP contribution < -0.4 is 5.32 Å². The zero-order chi connectivity index (χ0) is 14.3. The van der Waals surface area contributed by atoms with Crippen LogP contribution in [-0.2, 0) is 12.8 Å². The van der Waals surface area contributed by atoms with Crippen molar-refractivity contribution in [2.24, 2.45) is 5.92 Å². The molecular formula is C15H19N3OS. The molecule has 0 radical (unpaired) electrons. The molecule has 1 amide bonds. The van der Waals surface area contributed by atoms with Crippen molar-refractivity contribution in [3.05, 3.63) is 32.6 Å². The Labute approximate surface area is 122 Å². The smallest absolute Gasteiger partial charge is 0.266 e. The molecule has 3 rings (SSSR count). The molecule has 0 spiro atoms. The van der Waals surface area contributed by atoms with Gasteiger partial charge < -0.3 is 5.32 Å². The lowest BCUT2D eigenvalue weighted by atomic mass is 9.90. The predicted molar refractivity (Wildman–Crippen MR) is 81.5 cm³/mol. The number of carbonyl (C=O) groups excluding carboxylic acids is 1. The van der Waals surface area contributed by atoms with E-state index in [2.05, 4.69) is 28.5 Å². The molecule has 0 saturated heterocycles. The highest BCUT2D eigenvalue weighted by molar-refractivity contribution is 7.14. The lowest BCUT2D eigenvalue weighted by Crippen LogP contribution is -2.11. The molecule has 0 saturated carbocycles. The zero-order valence-corrected chi connectivity index (χ0v) is 12.9. The Morgan fingerprint density at radius 1 is 1.50 bits per heavy atom. The summed E-state index contributed by atoms with van der Waals surface area (Å²) in [6.45, 7) is 6.18. The molecule has 1 aliphatic rings. The molecule has 0 bridgehead atoms. The monoisotopic (exact) mass is 289 g/mol. The summed E-state index contributed by atoms with van der Waals surface area (Å²) in [7, 11) is 0. The number of aromatic nitrogens is 2. The minimum absolute atomic E-state index is 0.0494. The van der Waals surface area contributed by atoms with Gasteiger partial charge in [0.25, 0.3) is 5.91 Å². The summed E-state index contributed by atoms with van der Waals surface area (Å²) >= 11 is 1.63. The molecule has 1 unspecified atom stereocenters. The summed E-state index contributed by atoms with van der Waals surface area (Å²) in [6.07, 6.45) is 3.43. The number of nitrogens with zero attached hydrogens (tertiary/aromatic N) is 1. The molecule has 2 aromatic heterocycles. The van der Waals surface area contributed by atoms with Crippen LogP contribution in [0.5, 0.6) is 0 Å². The molecule has 106 valence electrons. The number of aryl methyl sites for hydroxylation is 2. The van der Waals surface area contributed by atoms with E-state index in [-0.39, 0.29) is 5.91 Å². The lowest BCUT2D eigenvalue weighted by molar-refractivity contribution is 0.103. The summed E-state index contributed by atoms with van der Waals surface area (Å²) in [6, 6.07) is 2.06. The number of hydrogen-bond donors (Lipinski definition) is 2. The quantitative estimate of drug-likeness (QED) is 0.889. The second kappa shape index (κ2) is 5.05. The minimum Gasteiger partial charge on any atom is -0.304 e. The van der Waals surface area contributed by atoms with Crippen LogP contribution in [0.1, 0.15) is 44.7 Å². The second-order valence-electron chi connectivity index (χ2n) is 5.68. The number of rotatable bonds is 2. The molecule has 5 heteroatoms. The Morgan fingerprint density at radius 2 is 2.30 bits per heavy atom. The van der Waals surface area contributed by atoms with Gasteiger partial charge >= 0.3 is 0 Å². The van der Waals surface area contributed by atoms with E-state index in [0.717, 1.165) is 34.9 Å². The van der Waals surface area contributed by atoms with Crippen LogP contribution in [0, 0.1) is 19.8 Å². The van der Waals surface area contributed by atoms with Gasteiger partial charge in [-0.15, -0.1) is 11.3 Å². The number of aromatic amines is 1. The van der Waals surface area contributed by atoms with E-state index < -0.39 is 0 Å². The fourth-order valence-electron chi connectivity index (χ4n) is 2.59. The molecule has 2 heterocycles. The first-order chi connectivity index (χ1) is 9.54. The van der Waals surface area contributed by atoms with Gasteiger partial charge in [0.1, 0.15) is 0 Å². The van der Waals surface area contributed by atoms with Gasteiger partial charge in [0.15, 0.2) is 5.82 Å². The Hall–Kier alpha value is -1.62. The van der Waals surface area contributed by atoms with Crippen LogP contribution >= 0.6 is 11.3 Å². The molecule has 2 aromatic rings. The van der Waals surface area contributed by atoms with Gasteiger partial charge in [-0.25, -0.2) is 0 Å². The Balaban J connectivity index is 1.79. The lowest BCUT2D eigenvalue weighted by Gasteiger charge is -2.16. The van der Waals surface area contributed by atoms with Crippen molar-refractivity contribution >= 4 is 23.1 Å². The van der Waals surface area contributed by atoms with Gasteiger partial charge in [-0.1, -0.05) is 6.92 Å². The highest BCUT2D eigenvalue weighted by Crippen LogP contribution is 2.32. The average Bonchev–Trinajstić information content (AvgIpc) is 2.96. The van der Waals surface area contributed by atoms with Crippen molar-refractivity contribution in [2.45, 2.75) is 40.0 Å². The first kappa shape index (κ1) is 13.4. The maximum absolute atomic E-state index is 12.3. The van der Waals surface area contributed by atoms with Gasteiger partial charge in [-0.05, 0) is 50.7 Å². The normalized spacial score (nSPS) is 17.9. The van der Waals surface area contributed by atoms with Gasteiger partial charge in [-0.3, -0.25) is 9.89 Å². The number of carbonyl (C=O) groups is 1. The third-order valence-corrected chi connectivity index (χ3v) is 5.27. The number of anilines is 1. The van der Waals surface area contributed by atoms with E-state index in [1.165, 1.54) is 16.9 Å². The topological polar surface area (TPSA) is 57.8 Å². The second-order valence-corrected chi connectivity index (χ2v) is 6.82. The highest BCUT2D eigenvalue weighted by atomic mass is 32.1. The van der Waals surface area contributed by atoms with Crippen molar-refractivity contribution < 1.29 is 4.79 Å². The molecule has 2 N–H and O–H groups in total. The first-order valence-electron chi connectivity index (χ1n) is 6.99. The third-order valence-electron chi connectivity index (χ3n) is 4.04. The summed E-state index contributed by atoms with van der Waals surface area (Å²) in [5.41, 5.74) is 3.33. The molecular weight excluding hydrogens is 270 g/mol. The highest BCUT2D eigenvalue weighted by Gasteiger charge is 2.21. The van der Waals surface area contributed by atoms with Crippen molar-refractivity contribution in [2.75, 3.05) is 5.32 Å². The third kappa shape index (κ3) is 2.38. The first-order valence-corrected chi connectivity index (χ1v) is 7.80. The SMILES string of the molecule is Cc1[nH]nc(NC(=O)c2cc3c(s2)CCC(C)C3)c1C. The van der Waals surface area contributed by atoms with Crippen LogP contribution in [-0.4, -0.2) is 16.1 Å². The number of amides is 1.